The van der Waals surface area contributed by atoms with Crippen molar-refractivity contribution in [2.45, 2.75) is 49.6 Å². The summed E-state index contributed by atoms with van der Waals surface area (Å²) in [7, 11) is 0. The molecule has 146 valence electrons. The molecule has 2 aliphatic heterocycles. The number of unbranched alkanes of at least 4 members (excludes halogenated alkanes) is 1. The number of fused-ring (bicyclic) bond motifs is 1. The molecule has 2 heterocycles. The van der Waals surface area contributed by atoms with Gasteiger partial charge in [-0.15, -0.1) is 0 Å². The highest BCUT2D eigenvalue weighted by Crippen LogP contribution is 2.33. The van der Waals surface area contributed by atoms with E-state index in [9.17, 15) is 14.4 Å². The number of urea groups is 1. The van der Waals surface area contributed by atoms with Gasteiger partial charge in [0.05, 0.1) is 12.1 Å². The lowest BCUT2D eigenvalue weighted by atomic mass is 10.0. The molecule has 0 unspecified atom stereocenters. The van der Waals surface area contributed by atoms with E-state index in [1.54, 1.807) is 0 Å². The van der Waals surface area contributed by atoms with Gasteiger partial charge in [-0.05, 0) is 18.4 Å². The van der Waals surface area contributed by atoms with E-state index >= 15 is 0 Å². The molecular formula is C19H25N3O4S. The molecule has 3 atom stereocenters. The van der Waals surface area contributed by atoms with Gasteiger partial charge in [0.1, 0.15) is 6.54 Å². The summed E-state index contributed by atoms with van der Waals surface area (Å²) < 4.78 is 0. The number of carbonyl (C=O) groups excluding carboxylic acids is 2. The number of benzene rings is 1. The minimum absolute atomic E-state index is 0.0873. The van der Waals surface area contributed by atoms with Crippen molar-refractivity contribution in [3.05, 3.63) is 35.9 Å². The zero-order valence-electron chi connectivity index (χ0n) is 15.1. The first-order valence-corrected chi connectivity index (χ1v) is 10.3. The Balaban J connectivity index is 1.43. The summed E-state index contributed by atoms with van der Waals surface area (Å²) in [5, 5.41) is 15.4. The Morgan fingerprint density at radius 1 is 1.19 bits per heavy atom. The number of amides is 3. The maximum absolute atomic E-state index is 12.5. The van der Waals surface area contributed by atoms with E-state index in [0.29, 0.717) is 18.2 Å². The summed E-state index contributed by atoms with van der Waals surface area (Å²) in [5.41, 5.74) is 0.921. The first kappa shape index (κ1) is 19.5. The number of carboxylic acid groups (broad SMARTS) is 1. The summed E-state index contributed by atoms with van der Waals surface area (Å²) in [4.78, 5) is 36.4. The topological polar surface area (TPSA) is 98.7 Å². The molecule has 1 aromatic carbocycles. The summed E-state index contributed by atoms with van der Waals surface area (Å²) >= 11 is 1.86. The maximum Gasteiger partial charge on any atom is 0.323 e. The van der Waals surface area contributed by atoms with Gasteiger partial charge < -0.3 is 20.6 Å². The van der Waals surface area contributed by atoms with Gasteiger partial charge in [0.2, 0.25) is 5.91 Å². The van der Waals surface area contributed by atoms with Crippen molar-refractivity contribution in [2.24, 2.45) is 0 Å². The molecule has 0 bridgehead atoms. The van der Waals surface area contributed by atoms with E-state index in [1.807, 2.05) is 42.1 Å². The molecule has 0 aliphatic carbocycles. The van der Waals surface area contributed by atoms with E-state index < -0.39 is 5.97 Å². The molecule has 3 amide bonds. The lowest BCUT2D eigenvalue weighted by Gasteiger charge is -2.21. The third-order valence-electron chi connectivity index (χ3n) is 4.96. The van der Waals surface area contributed by atoms with Crippen LogP contribution in [0.4, 0.5) is 4.79 Å². The summed E-state index contributed by atoms with van der Waals surface area (Å²) in [6.07, 6.45) is 2.89. The number of thioether (sulfide) groups is 1. The molecule has 0 saturated carbocycles. The number of carboxylic acids is 1. The molecule has 0 aromatic heterocycles. The van der Waals surface area contributed by atoms with Crippen molar-refractivity contribution in [3.63, 3.8) is 0 Å². The SMILES string of the molecule is O=C(O)CN(Cc1ccccc1)C(=O)CCCC[C@@H]1SC[C@@H]2NC(=O)N[C@@H]21. The lowest BCUT2D eigenvalue weighted by Crippen LogP contribution is -2.37. The minimum Gasteiger partial charge on any atom is -0.480 e. The summed E-state index contributed by atoms with van der Waals surface area (Å²) in [5.74, 6) is -0.206. The Morgan fingerprint density at radius 3 is 2.70 bits per heavy atom. The predicted molar refractivity (Wildman–Crippen MR) is 103 cm³/mol. The molecule has 2 saturated heterocycles. The van der Waals surface area contributed by atoms with Crippen LogP contribution in [0.3, 0.4) is 0 Å². The fourth-order valence-electron chi connectivity index (χ4n) is 3.62. The van der Waals surface area contributed by atoms with Crippen LogP contribution in [0.15, 0.2) is 30.3 Å². The van der Waals surface area contributed by atoms with Crippen molar-refractivity contribution in [1.29, 1.82) is 0 Å². The second-order valence-corrected chi connectivity index (χ2v) is 8.27. The molecule has 2 aliphatic rings. The fourth-order valence-corrected chi connectivity index (χ4v) is 5.17. The van der Waals surface area contributed by atoms with Gasteiger partial charge in [0.25, 0.3) is 0 Å². The van der Waals surface area contributed by atoms with Gasteiger partial charge in [0, 0.05) is 24.0 Å². The Labute approximate surface area is 162 Å². The first-order chi connectivity index (χ1) is 13.0. The molecule has 7 nitrogen and oxygen atoms in total. The molecule has 0 radical (unpaired) electrons. The zero-order valence-corrected chi connectivity index (χ0v) is 15.9. The third kappa shape index (κ3) is 5.38. The number of nitrogens with one attached hydrogen (secondary N) is 2. The van der Waals surface area contributed by atoms with E-state index in [1.165, 1.54) is 4.90 Å². The fraction of sp³-hybridized carbons (Fsp3) is 0.526. The Bertz CT molecular complexity index is 685. The van der Waals surface area contributed by atoms with Crippen LogP contribution in [0.1, 0.15) is 31.2 Å². The number of nitrogens with zero attached hydrogens (tertiary/aromatic N) is 1. The van der Waals surface area contributed by atoms with Crippen LogP contribution in [0.2, 0.25) is 0 Å². The smallest absolute Gasteiger partial charge is 0.323 e. The van der Waals surface area contributed by atoms with Crippen LogP contribution in [-0.2, 0) is 16.1 Å². The molecule has 8 heteroatoms. The van der Waals surface area contributed by atoms with Gasteiger partial charge in [-0.2, -0.15) is 11.8 Å². The highest BCUT2D eigenvalue weighted by Gasteiger charge is 2.42. The highest BCUT2D eigenvalue weighted by molar-refractivity contribution is 8.00. The van der Waals surface area contributed by atoms with Crippen LogP contribution < -0.4 is 10.6 Å². The van der Waals surface area contributed by atoms with Crippen molar-refractivity contribution in [3.8, 4) is 0 Å². The maximum atomic E-state index is 12.5. The lowest BCUT2D eigenvalue weighted by molar-refractivity contribution is -0.145. The average Bonchev–Trinajstić information content (AvgIpc) is 3.18. The van der Waals surface area contributed by atoms with Gasteiger partial charge in [-0.1, -0.05) is 36.8 Å². The number of hydrogen-bond acceptors (Lipinski definition) is 4. The van der Waals surface area contributed by atoms with Gasteiger partial charge in [-0.25, -0.2) is 4.79 Å². The summed E-state index contributed by atoms with van der Waals surface area (Å²) in [6.45, 7) is 0.0273. The average molecular weight is 391 g/mol. The van der Waals surface area contributed by atoms with E-state index in [2.05, 4.69) is 10.6 Å². The van der Waals surface area contributed by atoms with Gasteiger partial charge in [0.15, 0.2) is 0 Å². The Morgan fingerprint density at radius 2 is 1.96 bits per heavy atom. The van der Waals surface area contributed by atoms with Crippen molar-refractivity contribution < 1.29 is 19.5 Å². The number of carbonyl (C=O) groups is 3. The molecule has 2 fully saturated rings. The molecule has 0 spiro atoms. The second-order valence-electron chi connectivity index (χ2n) is 7.00. The van der Waals surface area contributed by atoms with Crippen molar-refractivity contribution in [1.82, 2.24) is 15.5 Å². The first-order valence-electron chi connectivity index (χ1n) is 9.25. The van der Waals surface area contributed by atoms with Crippen LogP contribution in [-0.4, -0.2) is 57.5 Å². The van der Waals surface area contributed by atoms with Gasteiger partial charge in [-0.3, -0.25) is 9.59 Å². The second kappa shape index (κ2) is 9.12. The van der Waals surface area contributed by atoms with Crippen molar-refractivity contribution in [2.75, 3.05) is 12.3 Å². The minimum atomic E-state index is -1.00. The van der Waals surface area contributed by atoms with Crippen LogP contribution in [0.5, 0.6) is 0 Å². The molecular weight excluding hydrogens is 366 g/mol. The van der Waals surface area contributed by atoms with E-state index in [-0.39, 0.29) is 30.6 Å². The number of hydrogen-bond donors (Lipinski definition) is 3. The Hall–Kier alpha value is -2.22. The van der Waals surface area contributed by atoms with E-state index in [4.69, 9.17) is 5.11 Å². The zero-order chi connectivity index (χ0) is 19.2. The summed E-state index contributed by atoms with van der Waals surface area (Å²) in [6, 6.07) is 9.73. The Kier molecular flexibility index (Phi) is 6.60. The molecule has 27 heavy (non-hydrogen) atoms. The van der Waals surface area contributed by atoms with Crippen LogP contribution in [0, 0.1) is 0 Å². The van der Waals surface area contributed by atoms with E-state index in [0.717, 1.165) is 30.6 Å². The van der Waals surface area contributed by atoms with Crippen LogP contribution in [0.25, 0.3) is 0 Å². The monoisotopic (exact) mass is 391 g/mol. The molecule has 3 rings (SSSR count). The standard InChI is InChI=1S/C19H25N3O4S/c23-16(22(11-17(24)25)10-13-6-2-1-3-7-13)9-5-4-8-15-18-14(12-27-15)20-19(26)21-18/h1-3,6-7,14-15,18H,4-5,8-12H2,(H,24,25)(H2,20,21,26)/t14-,15-,18-/m0/s1. The highest BCUT2D eigenvalue weighted by atomic mass is 32.2. The predicted octanol–water partition coefficient (Wildman–Crippen LogP) is 1.83. The van der Waals surface area contributed by atoms with Crippen LogP contribution >= 0.6 is 11.8 Å². The van der Waals surface area contributed by atoms with Crippen molar-refractivity contribution >= 4 is 29.7 Å². The largest absolute Gasteiger partial charge is 0.480 e. The number of rotatable bonds is 9. The number of aliphatic carboxylic acids is 1. The normalized spacial score (nSPS) is 23.4. The molecule has 1 aromatic rings. The molecule has 3 N–H and O–H groups in total. The quantitative estimate of drug-likeness (QED) is 0.441. The van der Waals surface area contributed by atoms with Gasteiger partial charge >= 0.3 is 12.0 Å². The third-order valence-corrected chi connectivity index (χ3v) is 6.47.